The van der Waals surface area contributed by atoms with Crippen LogP contribution < -0.4 is 10.5 Å². The van der Waals surface area contributed by atoms with Gasteiger partial charge in [-0.25, -0.2) is 0 Å². The zero-order valence-corrected chi connectivity index (χ0v) is 10.2. The monoisotopic (exact) mass is 285 g/mol. The molecule has 0 aromatic heterocycles. The molecular weight excluding hydrogens is 274 g/mol. The van der Waals surface area contributed by atoms with Crippen molar-refractivity contribution in [3.63, 3.8) is 0 Å². The Kier molecular flexibility index (Phi) is 3.16. The summed E-state index contributed by atoms with van der Waals surface area (Å²) in [6.45, 7) is 0.619. The second kappa shape index (κ2) is 4.43. The van der Waals surface area contributed by atoms with E-state index in [2.05, 4.69) is 15.9 Å². The number of halogens is 1. The zero-order chi connectivity index (χ0) is 11.7. The third kappa shape index (κ3) is 2.05. The molecule has 1 aliphatic heterocycles. The van der Waals surface area contributed by atoms with E-state index in [0.29, 0.717) is 17.9 Å². The fourth-order valence-corrected chi connectivity index (χ4v) is 2.36. The molecule has 0 saturated carbocycles. The van der Waals surface area contributed by atoms with Crippen molar-refractivity contribution in [2.24, 2.45) is 5.73 Å². The van der Waals surface area contributed by atoms with Crippen molar-refractivity contribution in [3.05, 3.63) is 27.7 Å². The Morgan fingerprint density at radius 1 is 1.56 bits per heavy atom. The summed E-state index contributed by atoms with van der Waals surface area (Å²) in [5.41, 5.74) is 7.19. The number of aliphatic carboxylic acids is 1. The third-order valence-electron chi connectivity index (χ3n) is 2.60. The number of nitrogens with two attached hydrogens (primary N) is 1. The molecule has 0 amide bonds. The molecule has 0 aliphatic carbocycles. The summed E-state index contributed by atoms with van der Waals surface area (Å²) in [5, 5.41) is 8.93. The Bertz CT molecular complexity index is 433. The molecule has 86 valence electrons. The highest BCUT2D eigenvalue weighted by molar-refractivity contribution is 9.10. The van der Waals surface area contributed by atoms with Gasteiger partial charge in [0, 0.05) is 10.0 Å². The second-order valence-electron chi connectivity index (χ2n) is 3.75. The Morgan fingerprint density at radius 3 is 3.00 bits per heavy atom. The molecule has 0 saturated heterocycles. The van der Waals surface area contributed by atoms with Gasteiger partial charge in [-0.3, -0.25) is 4.79 Å². The van der Waals surface area contributed by atoms with Crippen LogP contribution in [-0.4, -0.2) is 17.7 Å². The van der Waals surface area contributed by atoms with Crippen molar-refractivity contribution in [2.45, 2.75) is 18.9 Å². The van der Waals surface area contributed by atoms with E-state index in [4.69, 9.17) is 15.6 Å². The number of fused-ring (bicyclic) bond motifs is 1. The number of carboxylic acids is 1. The van der Waals surface area contributed by atoms with Crippen LogP contribution in [0.5, 0.6) is 5.75 Å². The van der Waals surface area contributed by atoms with E-state index >= 15 is 0 Å². The molecule has 1 aromatic carbocycles. The lowest BCUT2D eigenvalue weighted by Gasteiger charge is -2.22. The average molecular weight is 286 g/mol. The highest BCUT2D eigenvalue weighted by Crippen LogP contribution is 2.35. The third-order valence-corrected chi connectivity index (χ3v) is 3.06. The number of benzene rings is 1. The molecule has 4 nitrogen and oxygen atoms in total. The van der Waals surface area contributed by atoms with Crippen LogP contribution in [0.4, 0.5) is 0 Å². The number of carbonyl (C=O) groups is 1. The molecule has 0 radical (unpaired) electrons. The lowest BCUT2D eigenvalue weighted by Crippen LogP contribution is -2.23. The van der Waals surface area contributed by atoms with Crippen LogP contribution in [0.2, 0.25) is 0 Å². The number of aryl methyl sites for hydroxylation is 1. The molecule has 1 unspecified atom stereocenters. The van der Waals surface area contributed by atoms with Gasteiger partial charge < -0.3 is 15.6 Å². The fraction of sp³-hybridized carbons (Fsp3) is 0.364. The van der Waals surface area contributed by atoms with Crippen LogP contribution in [-0.2, 0) is 11.2 Å². The summed E-state index contributed by atoms with van der Waals surface area (Å²) < 4.78 is 6.35. The second-order valence-corrected chi connectivity index (χ2v) is 4.67. The first-order valence-electron chi connectivity index (χ1n) is 5.03. The minimum Gasteiger partial charge on any atom is -0.493 e. The summed E-state index contributed by atoms with van der Waals surface area (Å²) in [4.78, 5) is 10.9. The van der Waals surface area contributed by atoms with E-state index in [1.54, 1.807) is 6.07 Å². The number of hydrogen-bond donors (Lipinski definition) is 2. The van der Waals surface area contributed by atoms with Gasteiger partial charge in [0.2, 0.25) is 0 Å². The summed E-state index contributed by atoms with van der Waals surface area (Å²) in [5.74, 6) is -0.404. The SMILES string of the molecule is NC(C(=O)O)c1cc(Br)cc2c1OCCC2. The smallest absolute Gasteiger partial charge is 0.325 e. The van der Waals surface area contributed by atoms with Gasteiger partial charge >= 0.3 is 5.97 Å². The van der Waals surface area contributed by atoms with E-state index in [0.717, 1.165) is 22.9 Å². The van der Waals surface area contributed by atoms with Gasteiger partial charge in [-0.05, 0) is 30.5 Å². The molecule has 1 heterocycles. The summed E-state index contributed by atoms with van der Waals surface area (Å²) in [7, 11) is 0. The summed E-state index contributed by atoms with van der Waals surface area (Å²) in [6.07, 6.45) is 1.85. The maximum Gasteiger partial charge on any atom is 0.325 e. The fourth-order valence-electron chi connectivity index (χ4n) is 1.84. The summed E-state index contributed by atoms with van der Waals surface area (Å²) >= 11 is 3.35. The molecule has 0 spiro atoms. The zero-order valence-electron chi connectivity index (χ0n) is 8.57. The molecule has 0 fully saturated rings. The van der Waals surface area contributed by atoms with E-state index in [-0.39, 0.29) is 0 Å². The van der Waals surface area contributed by atoms with E-state index < -0.39 is 12.0 Å². The standard InChI is InChI=1S/C11H12BrNO3/c12-7-4-6-2-1-3-16-10(6)8(5-7)9(13)11(14)15/h4-5,9H,1-3,13H2,(H,14,15). The molecule has 3 N–H and O–H groups in total. The minimum absolute atomic E-state index is 0.538. The van der Waals surface area contributed by atoms with Crippen molar-refractivity contribution in [1.82, 2.24) is 0 Å². The van der Waals surface area contributed by atoms with Crippen LogP contribution in [0.15, 0.2) is 16.6 Å². The van der Waals surface area contributed by atoms with Gasteiger partial charge in [-0.1, -0.05) is 15.9 Å². The highest BCUT2D eigenvalue weighted by Gasteiger charge is 2.23. The molecule has 0 bridgehead atoms. The Hall–Kier alpha value is -1.07. The minimum atomic E-state index is -1.05. The largest absolute Gasteiger partial charge is 0.493 e. The molecule has 1 aliphatic rings. The van der Waals surface area contributed by atoms with Gasteiger partial charge in [-0.2, -0.15) is 0 Å². The van der Waals surface area contributed by atoms with Crippen LogP contribution in [0.25, 0.3) is 0 Å². The first kappa shape index (κ1) is 11.4. The predicted octanol–water partition coefficient (Wildman–Crippen LogP) is 1.86. The predicted molar refractivity (Wildman–Crippen MR) is 62.5 cm³/mol. The molecular formula is C11H12BrNO3. The van der Waals surface area contributed by atoms with Crippen LogP contribution in [0, 0.1) is 0 Å². The number of rotatable bonds is 2. The number of carboxylic acid groups (broad SMARTS) is 1. The lowest BCUT2D eigenvalue weighted by atomic mass is 9.98. The maximum atomic E-state index is 10.9. The van der Waals surface area contributed by atoms with Gasteiger partial charge in [0.1, 0.15) is 11.8 Å². The van der Waals surface area contributed by atoms with Crippen LogP contribution >= 0.6 is 15.9 Å². The highest BCUT2D eigenvalue weighted by atomic mass is 79.9. The normalized spacial score (nSPS) is 16.1. The number of ether oxygens (including phenoxy) is 1. The van der Waals surface area contributed by atoms with E-state index in [9.17, 15) is 4.79 Å². The van der Waals surface area contributed by atoms with Gasteiger partial charge in [0.25, 0.3) is 0 Å². The van der Waals surface area contributed by atoms with Crippen LogP contribution in [0.3, 0.4) is 0 Å². The van der Waals surface area contributed by atoms with E-state index in [1.165, 1.54) is 0 Å². The average Bonchev–Trinajstić information content (AvgIpc) is 2.26. The van der Waals surface area contributed by atoms with Gasteiger partial charge in [0.15, 0.2) is 0 Å². The van der Waals surface area contributed by atoms with Crippen molar-refractivity contribution >= 4 is 21.9 Å². The number of hydrogen-bond acceptors (Lipinski definition) is 3. The van der Waals surface area contributed by atoms with Gasteiger partial charge in [-0.15, -0.1) is 0 Å². The summed E-state index contributed by atoms with van der Waals surface area (Å²) in [6, 6.07) is 2.62. The molecule has 16 heavy (non-hydrogen) atoms. The van der Waals surface area contributed by atoms with Crippen molar-refractivity contribution in [3.8, 4) is 5.75 Å². The lowest BCUT2D eigenvalue weighted by molar-refractivity contribution is -0.138. The first-order valence-corrected chi connectivity index (χ1v) is 5.82. The Balaban J connectivity index is 2.51. The van der Waals surface area contributed by atoms with Crippen LogP contribution in [0.1, 0.15) is 23.6 Å². The quantitative estimate of drug-likeness (QED) is 0.870. The Labute approximate surface area is 102 Å². The van der Waals surface area contributed by atoms with Crippen molar-refractivity contribution < 1.29 is 14.6 Å². The Morgan fingerprint density at radius 2 is 2.31 bits per heavy atom. The topological polar surface area (TPSA) is 72.6 Å². The van der Waals surface area contributed by atoms with Gasteiger partial charge in [0.05, 0.1) is 6.61 Å². The van der Waals surface area contributed by atoms with Crippen molar-refractivity contribution in [2.75, 3.05) is 6.61 Å². The molecule has 1 aromatic rings. The molecule has 5 heteroatoms. The van der Waals surface area contributed by atoms with E-state index in [1.807, 2.05) is 6.07 Å². The van der Waals surface area contributed by atoms with Crippen molar-refractivity contribution in [1.29, 1.82) is 0 Å². The maximum absolute atomic E-state index is 10.9. The molecule has 2 rings (SSSR count). The first-order chi connectivity index (χ1) is 7.59. The molecule has 1 atom stereocenters.